The lowest BCUT2D eigenvalue weighted by atomic mass is 9.47. The molecule has 0 saturated heterocycles. The molecule has 0 bridgehead atoms. The van der Waals surface area contributed by atoms with Gasteiger partial charge in [0.15, 0.2) is 5.78 Å². The average Bonchev–Trinajstić information content (AvgIpc) is 2.99. The molecule has 0 aromatic rings. The second-order valence-electron chi connectivity index (χ2n) is 10.2. The van der Waals surface area contributed by atoms with Gasteiger partial charge in [-0.3, -0.25) is 4.79 Å². The number of nitrogens with zero attached hydrogens (tertiary/aromatic N) is 1. The Morgan fingerprint density at radius 2 is 1.64 bits per heavy atom. The molecule has 0 amide bonds. The lowest BCUT2D eigenvalue weighted by Gasteiger charge is -2.57. The summed E-state index contributed by atoms with van der Waals surface area (Å²) in [5, 5.41) is 10.4. The summed E-state index contributed by atoms with van der Waals surface area (Å²) in [5.74, 6) is 2.57. The molecule has 0 radical (unpaired) electrons. The summed E-state index contributed by atoms with van der Waals surface area (Å²) < 4.78 is 0. The van der Waals surface area contributed by atoms with E-state index in [1.165, 1.54) is 50.9 Å². The van der Waals surface area contributed by atoms with Crippen LogP contribution in [-0.2, 0) is 4.79 Å². The summed E-state index contributed by atoms with van der Waals surface area (Å²) >= 11 is 0. The van der Waals surface area contributed by atoms with Crippen LogP contribution in [0.1, 0.15) is 86.0 Å². The van der Waals surface area contributed by atoms with E-state index in [2.05, 4.69) is 39.5 Å². The lowest BCUT2D eigenvalue weighted by molar-refractivity contribution is -0.118. The Morgan fingerprint density at radius 1 is 0.964 bits per heavy atom. The summed E-state index contributed by atoms with van der Waals surface area (Å²) in [6, 6.07) is 0. The quantitative estimate of drug-likeness (QED) is 0.719. The Balaban J connectivity index is 0.000000279. The van der Waals surface area contributed by atoms with Gasteiger partial charge in [0.25, 0.3) is 0 Å². The molecule has 1 N–H and O–H groups in total. The smallest absolute Gasteiger partial charge is 0.155 e. The van der Waals surface area contributed by atoms with Crippen molar-refractivity contribution in [3.8, 4) is 0 Å². The maximum Gasteiger partial charge on any atom is 0.155 e. The monoisotopic (exact) mass is 389 g/mol. The van der Waals surface area contributed by atoms with Crippen molar-refractivity contribution in [3.63, 3.8) is 0 Å². The van der Waals surface area contributed by atoms with Gasteiger partial charge in [0.05, 0.1) is 6.10 Å². The first-order chi connectivity index (χ1) is 13.3. The highest BCUT2D eigenvalue weighted by Gasteiger charge is 2.58. The largest absolute Gasteiger partial charge is 0.393 e. The van der Waals surface area contributed by atoms with Crippen molar-refractivity contribution in [2.45, 2.75) is 92.1 Å². The first kappa shape index (κ1) is 22.0. The van der Waals surface area contributed by atoms with E-state index >= 15 is 0 Å². The number of rotatable bonds is 3. The van der Waals surface area contributed by atoms with E-state index in [9.17, 15) is 9.90 Å². The topological polar surface area (TPSA) is 40.5 Å². The van der Waals surface area contributed by atoms with Crippen molar-refractivity contribution in [1.82, 2.24) is 4.90 Å². The molecule has 160 valence electrons. The molecule has 3 nitrogen and oxygen atoms in total. The minimum Gasteiger partial charge on any atom is -0.393 e. The van der Waals surface area contributed by atoms with E-state index in [-0.39, 0.29) is 16.9 Å². The van der Waals surface area contributed by atoms with Crippen LogP contribution in [0.5, 0.6) is 0 Å². The molecule has 6 atom stereocenters. The number of ketones is 1. The number of aliphatic hydroxyl groups excluding tert-OH is 1. The predicted molar refractivity (Wildman–Crippen MR) is 116 cm³/mol. The van der Waals surface area contributed by atoms with Crippen LogP contribution in [0.15, 0.2) is 11.6 Å². The van der Waals surface area contributed by atoms with Gasteiger partial charge in [-0.1, -0.05) is 40.2 Å². The predicted octanol–water partition coefficient (Wildman–Crippen LogP) is 5.23. The Labute approximate surface area is 173 Å². The van der Waals surface area contributed by atoms with E-state index in [0.29, 0.717) is 11.7 Å². The number of allylic oxidation sites excluding steroid dienone is 1. The van der Waals surface area contributed by atoms with Crippen LogP contribution in [0.3, 0.4) is 0 Å². The lowest BCUT2D eigenvalue weighted by Crippen LogP contribution is -2.51. The Morgan fingerprint density at radius 3 is 2.25 bits per heavy atom. The summed E-state index contributed by atoms with van der Waals surface area (Å²) in [6.45, 7) is 14.9. The Hall–Kier alpha value is -0.670. The number of carbonyl (C=O) groups excluding carboxylic acids is 1. The van der Waals surface area contributed by atoms with Crippen LogP contribution in [0.2, 0.25) is 0 Å². The van der Waals surface area contributed by atoms with Crippen LogP contribution in [0.25, 0.3) is 0 Å². The number of aliphatic hydroxyl groups is 1. The fourth-order valence-electron chi connectivity index (χ4n) is 7.20. The third kappa shape index (κ3) is 3.74. The molecule has 0 aliphatic heterocycles. The van der Waals surface area contributed by atoms with Gasteiger partial charge in [0.2, 0.25) is 0 Å². The maximum atomic E-state index is 11.8. The first-order valence-corrected chi connectivity index (χ1v) is 11.9. The van der Waals surface area contributed by atoms with Gasteiger partial charge in [-0.05, 0) is 99.2 Å². The van der Waals surface area contributed by atoms with Crippen molar-refractivity contribution in [2.24, 2.45) is 28.6 Å². The number of hydrogen-bond donors (Lipinski definition) is 1. The van der Waals surface area contributed by atoms with E-state index in [4.69, 9.17) is 0 Å². The summed E-state index contributed by atoms with van der Waals surface area (Å²) in [5.41, 5.74) is 1.89. The second-order valence-corrected chi connectivity index (χ2v) is 10.2. The fourth-order valence-corrected chi connectivity index (χ4v) is 7.20. The molecule has 0 spiro atoms. The molecule has 3 saturated carbocycles. The highest BCUT2D eigenvalue weighted by Crippen LogP contribution is 2.65. The summed E-state index contributed by atoms with van der Waals surface area (Å²) in [7, 11) is 0. The third-order valence-electron chi connectivity index (χ3n) is 9.25. The van der Waals surface area contributed by atoms with Gasteiger partial charge in [0.1, 0.15) is 0 Å². The van der Waals surface area contributed by atoms with Crippen LogP contribution in [-0.4, -0.2) is 41.5 Å². The van der Waals surface area contributed by atoms with Crippen LogP contribution < -0.4 is 0 Å². The van der Waals surface area contributed by atoms with Crippen molar-refractivity contribution in [2.75, 3.05) is 19.6 Å². The van der Waals surface area contributed by atoms with E-state index in [1.54, 1.807) is 0 Å². The fraction of sp³-hybridized carbons (Fsp3) is 0.880. The van der Waals surface area contributed by atoms with E-state index in [0.717, 1.165) is 37.5 Å². The number of carbonyl (C=O) groups is 1. The van der Waals surface area contributed by atoms with Crippen molar-refractivity contribution >= 4 is 5.78 Å². The zero-order chi connectivity index (χ0) is 20.5. The average molecular weight is 390 g/mol. The van der Waals surface area contributed by atoms with Crippen LogP contribution in [0, 0.1) is 28.6 Å². The molecule has 28 heavy (non-hydrogen) atoms. The van der Waals surface area contributed by atoms with Gasteiger partial charge in [0, 0.05) is 6.42 Å². The molecule has 3 heteroatoms. The Kier molecular flexibility index (Phi) is 6.76. The zero-order valence-electron chi connectivity index (χ0n) is 19.0. The van der Waals surface area contributed by atoms with Crippen molar-refractivity contribution < 1.29 is 9.90 Å². The normalized spacial score (nSPS) is 42.1. The minimum atomic E-state index is -0.0823. The molecule has 4 rings (SSSR count). The van der Waals surface area contributed by atoms with Gasteiger partial charge in [-0.25, -0.2) is 0 Å². The van der Waals surface area contributed by atoms with Crippen LogP contribution >= 0.6 is 0 Å². The Bertz CT molecular complexity index is 590. The third-order valence-corrected chi connectivity index (χ3v) is 9.25. The highest BCUT2D eigenvalue weighted by atomic mass is 16.3. The molecule has 0 unspecified atom stereocenters. The maximum absolute atomic E-state index is 11.8. The molecule has 4 aliphatic rings. The molecular weight excluding hydrogens is 346 g/mol. The second kappa shape index (κ2) is 8.60. The minimum absolute atomic E-state index is 0.0823. The van der Waals surface area contributed by atoms with Gasteiger partial charge >= 0.3 is 0 Å². The van der Waals surface area contributed by atoms with Gasteiger partial charge < -0.3 is 10.0 Å². The molecule has 4 aliphatic carbocycles. The van der Waals surface area contributed by atoms with Crippen LogP contribution in [0.4, 0.5) is 0 Å². The molecule has 0 aromatic carbocycles. The van der Waals surface area contributed by atoms with E-state index in [1.807, 2.05) is 6.08 Å². The zero-order valence-corrected chi connectivity index (χ0v) is 19.0. The SMILES string of the molecule is CCN(CC)CC.C[C@]12CC[C@H]3[C@@H](CCC4=CC(=O)CC[C@@]43C)[C@@H]1CC[C@@H]2O. The first-order valence-electron chi connectivity index (χ1n) is 11.9. The summed E-state index contributed by atoms with van der Waals surface area (Å²) in [6.07, 6.45) is 10.7. The molecule has 3 fully saturated rings. The number of fused-ring (bicyclic) bond motifs is 5. The highest BCUT2D eigenvalue weighted by molar-refractivity contribution is 5.91. The standard InChI is InChI=1S/C19H28O2.C6H15N/c1-18-9-7-13(20)11-12(18)3-4-14-15-5-6-17(21)19(15,2)10-8-16(14)18;1-4-7(5-2)6-3/h11,14-17,21H,3-10H2,1-2H3;4-6H2,1-3H3/t14-,15-,16-,17-,18-,19-;/m0./s1. The van der Waals surface area contributed by atoms with Gasteiger partial charge in [-0.2, -0.15) is 0 Å². The van der Waals surface area contributed by atoms with E-state index < -0.39 is 0 Å². The van der Waals surface area contributed by atoms with Crippen molar-refractivity contribution in [1.29, 1.82) is 0 Å². The number of hydrogen-bond acceptors (Lipinski definition) is 3. The van der Waals surface area contributed by atoms with Crippen molar-refractivity contribution in [3.05, 3.63) is 11.6 Å². The summed E-state index contributed by atoms with van der Waals surface area (Å²) in [4.78, 5) is 14.2. The van der Waals surface area contributed by atoms with Gasteiger partial charge in [-0.15, -0.1) is 0 Å². The molecule has 0 heterocycles. The molecule has 0 aromatic heterocycles. The molecular formula is C25H43NO2.